The van der Waals surface area contributed by atoms with Gasteiger partial charge in [-0.3, -0.25) is 14.9 Å². The lowest BCUT2D eigenvalue weighted by molar-refractivity contribution is -0.384. The van der Waals surface area contributed by atoms with E-state index in [1.165, 1.54) is 12.1 Å². The van der Waals surface area contributed by atoms with Gasteiger partial charge in [0, 0.05) is 23.4 Å². The Morgan fingerprint density at radius 2 is 2.21 bits per heavy atom. The predicted molar refractivity (Wildman–Crippen MR) is 70.3 cm³/mol. The first-order valence-electron chi connectivity index (χ1n) is 6.17. The highest BCUT2D eigenvalue weighted by Crippen LogP contribution is 2.39. The summed E-state index contributed by atoms with van der Waals surface area (Å²) >= 11 is 0. The summed E-state index contributed by atoms with van der Waals surface area (Å²) in [5.41, 5.74) is 1.17. The lowest BCUT2D eigenvalue weighted by Crippen LogP contribution is -2.46. The molecule has 0 atom stereocenters. The van der Waals surface area contributed by atoms with E-state index in [2.05, 4.69) is 5.32 Å². The Labute approximate surface area is 110 Å². The minimum absolute atomic E-state index is 0.0453. The standard InChI is InChI=1S/C13H16N2O4/c1-9-7-10(15(18)19)3-4-11(9)14-13(5-2-6-13)8-12(16)17/h3-4,7,14H,2,5-6,8H2,1H3,(H,16,17). The Balaban J connectivity index is 2.18. The van der Waals surface area contributed by atoms with Gasteiger partial charge in [0.05, 0.1) is 11.3 Å². The molecule has 0 spiro atoms. The van der Waals surface area contributed by atoms with Crippen LogP contribution in [0.2, 0.25) is 0 Å². The molecular formula is C13H16N2O4. The molecule has 2 N–H and O–H groups in total. The Kier molecular flexibility index (Phi) is 3.42. The first kappa shape index (κ1) is 13.3. The molecule has 1 fully saturated rings. The second-order valence-electron chi connectivity index (χ2n) is 5.09. The Bertz CT molecular complexity index is 523. The summed E-state index contributed by atoms with van der Waals surface area (Å²) in [6, 6.07) is 4.58. The van der Waals surface area contributed by atoms with Crippen molar-refractivity contribution in [2.45, 2.75) is 38.1 Å². The summed E-state index contributed by atoms with van der Waals surface area (Å²) in [5, 5.41) is 22.9. The van der Waals surface area contributed by atoms with Crippen LogP contribution in [0.4, 0.5) is 11.4 Å². The molecule has 0 bridgehead atoms. The van der Waals surface area contributed by atoms with Crippen molar-refractivity contribution in [1.82, 2.24) is 0 Å². The van der Waals surface area contributed by atoms with Crippen molar-refractivity contribution in [3.63, 3.8) is 0 Å². The fourth-order valence-electron chi connectivity index (χ4n) is 2.43. The highest BCUT2D eigenvalue weighted by atomic mass is 16.6. The van der Waals surface area contributed by atoms with Crippen molar-refractivity contribution in [2.75, 3.05) is 5.32 Å². The predicted octanol–water partition coefficient (Wildman–Crippen LogP) is 2.71. The number of aryl methyl sites for hydroxylation is 1. The van der Waals surface area contributed by atoms with Crippen molar-refractivity contribution >= 4 is 17.3 Å². The van der Waals surface area contributed by atoms with Gasteiger partial charge >= 0.3 is 5.97 Å². The van der Waals surface area contributed by atoms with Crippen molar-refractivity contribution in [1.29, 1.82) is 0 Å². The fourth-order valence-corrected chi connectivity index (χ4v) is 2.43. The molecule has 1 aromatic rings. The number of carboxylic acids is 1. The van der Waals surface area contributed by atoms with Crippen LogP contribution in [0.3, 0.4) is 0 Å². The summed E-state index contributed by atoms with van der Waals surface area (Å²) in [6.45, 7) is 1.78. The molecule has 0 saturated heterocycles. The molecule has 102 valence electrons. The minimum atomic E-state index is -0.827. The second kappa shape index (κ2) is 4.87. The van der Waals surface area contributed by atoms with E-state index in [0.29, 0.717) is 0 Å². The van der Waals surface area contributed by atoms with Gasteiger partial charge in [-0.25, -0.2) is 0 Å². The summed E-state index contributed by atoms with van der Waals surface area (Å²) in [6.07, 6.45) is 2.71. The average molecular weight is 264 g/mol. The maximum atomic E-state index is 10.9. The Morgan fingerprint density at radius 1 is 1.53 bits per heavy atom. The van der Waals surface area contributed by atoms with Crippen LogP contribution in [0.25, 0.3) is 0 Å². The van der Waals surface area contributed by atoms with E-state index in [1.807, 2.05) is 0 Å². The Hall–Kier alpha value is -2.11. The number of hydrogen-bond donors (Lipinski definition) is 2. The summed E-state index contributed by atoms with van der Waals surface area (Å²) in [4.78, 5) is 21.1. The van der Waals surface area contributed by atoms with Gasteiger partial charge in [0.2, 0.25) is 0 Å². The molecule has 1 aromatic carbocycles. The third kappa shape index (κ3) is 2.83. The molecule has 1 saturated carbocycles. The molecule has 0 aromatic heterocycles. The Morgan fingerprint density at radius 3 is 2.63 bits per heavy atom. The molecular weight excluding hydrogens is 248 g/mol. The lowest BCUT2D eigenvalue weighted by atomic mass is 9.74. The van der Waals surface area contributed by atoms with E-state index in [4.69, 9.17) is 5.11 Å². The number of carbonyl (C=O) groups is 1. The molecule has 0 amide bonds. The van der Waals surface area contributed by atoms with Crippen molar-refractivity contribution < 1.29 is 14.8 Å². The number of carboxylic acid groups (broad SMARTS) is 1. The summed E-state index contributed by atoms with van der Waals surface area (Å²) in [7, 11) is 0. The van der Waals surface area contributed by atoms with Crippen LogP contribution < -0.4 is 5.32 Å². The van der Waals surface area contributed by atoms with Gasteiger partial charge in [0.1, 0.15) is 0 Å². The van der Waals surface area contributed by atoms with Gasteiger partial charge in [0.15, 0.2) is 0 Å². The van der Waals surface area contributed by atoms with E-state index >= 15 is 0 Å². The lowest BCUT2D eigenvalue weighted by Gasteiger charge is -2.42. The van der Waals surface area contributed by atoms with Crippen LogP contribution in [-0.2, 0) is 4.79 Å². The number of anilines is 1. The smallest absolute Gasteiger partial charge is 0.305 e. The number of nitro groups is 1. The monoisotopic (exact) mass is 264 g/mol. The third-order valence-corrected chi connectivity index (χ3v) is 3.62. The van der Waals surface area contributed by atoms with Gasteiger partial charge in [-0.2, -0.15) is 0 Å². The zero-order chi connectivity index (χ0) is 14.0. The number of aliphatic carboxylic acids is 1. The van der Waals surface area contributed by atoms with E-state index in [0.717, 1.165) is 30.5 Å². The molecule has 2 rings (SSSR count). The highest BCUT2D eigenvalue weighted by Gasteiger charge is 2.39. The van der Waals surface area contributed by atoms with Crippen LogP contribution in [-0.4, -0.2) is 21.5 Å². The zero-order valence-electron chi connectivity index (χ0n) is 10.7. The average Bonchev–Trinajstić information content (AvgIpc) is 2.27. The molecule has 0 aliphatic heterocycles. The van der Waals surface area contributed by atoms with Gasteiger partial charge in [-0.1, -0.05) is 0 Å². The van der Waals surface area contributed by atoms with E-state index in [-0.39, 0.29) is 12.1 Å². The van der Waals surface area contributed by atoms with Gasteiger partial charge in [0.25, 0.3) is 5.69 Å². The quantitative estimate of drug-likeness (QED) is 0.630. The SMILES string of the molecule is Cc1cc([N+](=O)[O-])ccc1NC1(CC(=O)O)CCC1. The van der Waals surface area contributed by atoms with E-state index in [1.54, 1.807) is 13.0 Å². The molecule has 0 unspecified atom stereocenters. The van der Waals surface area contributed by atoms with Crippen LogP contribution in [0.5, 0.6) is 0 Å². The number of nitrogens with zero attached hydrogens (tertiary/aromatic N) is 1. The second-order valence-corrected chi connectivity index (χ2v) is 5.09. The van der Waals surface area contributed by atoms with Crippen LogP contribution in [0.15, 0.2) is 18.2 Å². The fraction of sp³-hybridized carbons (Fsp3) is 0.462. The molecule has 1 aliphatic carbocycles. The summed E-state index contributed by atoms with van der Waals surface area (Å²) < 4.78 is 0. The molecule has 0 radical (unpaired) electrons. The van der Waals surface area contributed by atoms with E-state index in [9.17, 15) is 14.9 Å². The minimum Gasteiger partial charge on any atom is -0.481 e. The molecule has 6 heteroatoms. The molecule has 19 heavy (non-hydrogen) atoms. The zero-order valence-corrected chi connectivity index (χ0v) is 10.7. The number of benzene rings is 1. The van der Waals surface area contributed by atoms with Gasteiger partial charge in [-0.05, 0) is 37.8 Å². The van der Waals surface area contributed by atoms with Gasteiger partial charge < -0.3 is 10.4 Å². The first-order chi connectivity index (χ1) is 8.92. The van der Waals surface area contributed by atoms with Crippen molar-refractivity contribution in [3.05, 3.63) is 33.9 Å². The van der Waals surface area contributed by atoms with Gasteiger partial charge in [-0.15, -0.1) is 0 Å². The number of hydrogen-bond acceptors (Lipinski definition) is 4. The number of nitrogens with one attached hydrogen (secondary N) is 1. The third-order valence-electron chi connectivity index (χ3n) is 3.62. The maximum absolute atomic E-state index is 10.9. The van der Waals surface area contributed by atoms with E-state index < -0.39 is 16.4 Å². The topological polar surface area (TPSA) is 92.5 Å². The molecule has 0 heterocycles. The van der Waals surface area contributed by atoms with Crippen LogP contribution in [0, 0.1) is 17.0 Å². The largest absolute Gasteiger partial charge is 0.481 e. The van der Waals surface area contributed by atoms with Crippen molar-refractivity contribution in [3.8, 4) is 0 Å². The number of non-ortho nitro benzene ring substituents is 1. The van der Waals surface area contributed by atoms with Crippen LogP contribution >= 0.6 is 0 Å². The van der Waals surface area contributed by atoms with Crippen LogP contribution in [0.1, 0.15) is 31.2 Å². The number of rotatable bonds is 5. The molecule has 6 nitrogen and oxygen atoms in total. The maximum Gasteiger partial charge on any atom is 0.305 e. The summed E-state index contributed by atoms with van der Waals surface area (Å²) in [5.74, 6) is -0.827. The highest BCUT2D eigenvalue weighted by molar-refractivity contribution is 5.70. The van der Waals surface area contributed by atoms with Crippen molar-refractivity contribution in [2.24, 2.45) is 0 Å². The first-order valence-corrected chi connectivity index (χ1v) is 6.17. The normalized spacial score (nSPS) is 16.5. The number of nitro benzene ring substituents is 1. The molecule has 1 aliphatic rings.